The maximum Gasteiger partial charge on any atom is 0.249 e. The maximum atomic E-state index is 4.85. The second-order valence-electron chi connectivity index (χ2n) is 7.95. The summed E-state index contributed by atoms with van der Waals surface area (Å²) in [4.78, 5) is 4.85. The molecular formula is C24H28ClN5. The average Bonchev–Trinajstić information content (AvgIpc) is 3.20. The van der Waals surface area contributed by atoms with E-state index in [2.05, 4.69) is 97.0 Å². The number of nitrogens with zero attached hydrogens (tertiary/aromatic N) is 5. The van der Waals surface area contributed by atoms with Gasteiger partial charge in [-0.05, 0) is 63.9 Å². The van der Waals surface area contributed by atoms with Crippen LogP contribution in [0, 0.1) is 34.6 Å². The Hall–Kier alpha value is -2.92. The monoisotopic (exact) mass is 421 g/mol. The van der Waals surface area contributed by atoms with E-state index in [0.717, 1.165) is 29.3 Å². The van der Waals surface area contributed by atoms with E-state index in [1.165, 1.54) is 22.4 Å². The molecule has 0 aliphatic carbocycles. The number of hydrogen-bond acceptors (Lipinski definition) is 2. The molecule has 3 heterocycles. The van der Waals surface area contributed by atoms with Crippen LogP contribution in [0.2, 0.25) is 0 Å². The van der Waals surface area contributed by atoms with Gasteiger partial charge in [0.2, 0.25) is 6.33 Å². The quantitative estimate of drug-likeness (QED) is 0.451. The lowest BCUT2D eigenvalue weighted by Gasteiger charge is -2.07. The van der Waals surface area contributed by atoms with Crippen LogP contribution in [0.1, 0.15) is 39.5 Å². The lowest BCUT2D eigenvalue weighted by atomic mass is 10.1. The largest absolute Gasteiger partial charge is 1.00 e. The zero-order valence-corrected chi connectivity index (χ0v) is 19.0. The molecule has 4 rings (SSSR count). The Balaban J connectivity index is 0.00000256. The first-order valence-corrected chi connectivity index (χ1v) is 10.00. The first-order chi connectivity index (χ1) is 13.9. The van der Waals surface area contributed by atoms with E-state index in [4.69, 9.17) is 4.98 Å². The number of halogens is 1. The highest BCUT2D eigenvalue weighted by molar-refractivity contribution is 5.48. The number of rotatable bonds is 5. The van der Waals surface area contributed by atoms with Gasteiger partial charge in [-0.3, -0.25) is 9.67 Å². The highest BCUT2D eigenvalue weighted by Crippen LogP contribution is 2.20. The van der Waals surface area contributed by atoms with Crippen LogP contribution < -0.4 is 17.0 Å². The lowest BCUT2D eigenvalue weighted by molar-refractivity contribution is -0.688. The van der Waals surface area contributed by atoms with Gasteiger partial charge >= 0.3 is 0 Å². The molecular weight excluding hydrogens is 394 g/mol. The molecule has 0 bridgehead atoms. The zero-order valence-electron chi connectivity index (χ0n) is 18.2. The Morgan fingerprint density at radius 1 is 0.933 bits per heavy atom. The number of pyridine rings is 1. The minimum Gasteiger partial charge on any atom is -1.00 e. The van der Waals surface area contributed by atoms with Gasteiger partial charge in [-0.25, -0.2) is 9.13 Å². The Morgan fingerprint density at radius 2 is 1.63 bits per heavy atom. The topological polar surface area (TPSA) is 39.5 Å². The average molecular weight is 422 g/mol. The smallest absolute Gasteiger partial charge is 0.249 e. The van der Waals surface area contributed by atoms with Gasteiger partial charge in [0.1, 0.15) is 24.6 Å². The molecule has 0 fully saturated rings. The highest BCUT2D eigenvalue weighted by atomic mass is 35.5. The summed E-state index contributed by atoms with van der Waals surface area (Å²) in [6.07, 6.45) is 6.36. The third kappa shape index (κ3) is 4.62. The molecule has 4 aromatic rings. The first-order valence-electron chi connectivity index (χ1n) is 10.00. The Kier molecular flexibility index (Phi) is 6.42. The van der Waals surface area contributed by atoms with Crippen molar-refractivity contribution in [2.75, 3.05) is 0 Å². The lowest BCUT2D eigenvalue weighted by Crippen LogP contribution is -3.00. The number of aromatic nitrogens is 5. The van der Waals surface area contributed by atoms with Crippen molar-refractivity contribution >= 4 is 0 Å². The molecule has 0 unspecified atom stereocenters. The van der Waals surface area contributed by atoms with Crippen LogP contribution in [0.5, 0.6) is 0 Å². The van der Waals surface area contributed by atoms with Crippen LogP contribution in [0.25, 0.3) is 5.69 Å². The molecule has 5 nitrogen and oxygen atoms in total. The second kappa shape index (κ2) is 8.84. The minimum absolute atomic E-state index is 0. The summed E-state index contributed by atoms with van der Waals surface area (Å²) in [6, 6.07) is 12.8. The van der Waals surface area contributed by atoms with Gasteiger partial charge in [-0.15, -0.1) is 0 Å². The van der Waals surface area contributed by atoms with Crippen molar-refractivity contribution in [3.05, 3.63) is 94.6 Å². The molecule has 0 aliphatic heterocycles. The standard InChI is InChI=1S/C24H28N5.ClH/c1-17-11-18(2)24(19(3)12-17)28-10-9-27(16-28)14-22-7-6-8-23(25-22)15-29-21(5)13-20(4)26-29;/h6-13,16H,14-15H2,1-5H3;1H/q+1;/p-1. The summed E-state index contributed by atoms with van der Waals surface area (Å²) in [6.45, 7) is 12.0. The van der Waals surface area contributed by atoms with Gasteiger partial charge in [0, 0.05) is 5.69 Å². The Morgan fingerprint density at radius 3 is 2.30 bits per heavy atom. The van der Waals surface area contributed by atoms with Crippen LogP contribution in [0.3, 0.4) is 0 Å². The molecule has 3 aromatic heterocycles. The molecule has 156 valence electrons. The van der Waals surface area contributed by atoms with Gasteiger partial charge in [0.05, 0.1) is 23.6 Å². The molecule has 6 heteroatoms. The van der Waals surface area contributed by atoms with Crippen molar-refractivity contribution in [3.8, 4) is 5.69 Å². The zero-order chi connectivity index (χ0) is 20.5. The fraction of sp³-hybridized carbons (Fsp3) is 0.292. The van der Waals surface area contributed by atoms with Gasteiger partial charge in [0.15, 0.2) is 0 Å². The normalized spacial score (nSPS) is 10.8. The van der Waals surface area contributed by atoms with Crippen molar-refractivity contribution in [3.63, 3.8) is 0 Å². The fourth-order valence-electron chi connectivity index (χ4n) is 4.08. The summed E-state index contributed by atoms with van der Waals surface area (Å²) >= 11 is 0. The Bertz CT molecular complexity index is 1150. The van der Waals surface area contributed by atoms with E-state index < -0.39 is 0 Å². The summed E-state index contributed by atoms with van der Waals surface area (Å²) in [5.41, 5.74) is 9.39. The van der Waals surface area contributed by atoms with Gasteiger partial charge < -0.3 is 12.4 Å². The van der Waals surface area contributed by atoms with Crippen molar-refractivity contribution in [1.82, 2.24) is 19.3 Å². The van der Waals surface area contributed by atoms with Gasteiger partial charge in [-0.2, -0.15) is 5.10 Å². The fourth-order valence-corrected chi connectivity index (χ4v) is 4.08. The first kappa shape index (κ1) is 21.8. The predicted molar refractivity (Wildman–Crippen MR) is 114 cm³/mol. The molecule has 0 saturated carbocycles. The maximum absolute atomic E-state index is 4.85. The number of aryl methyl sites for hydroxylation is 5. The predicted octanol–water partition coefficient (Wildman–Crippen LogP) is 0.999. The highest BCUT2D eigenvalue weighted by Gasteiger charge is 2.14. The molecule has 1 aromatic carbocycles. The van der Waals surface area contributed by atoms with E-state index in [1.807, 2.05) is 11.6 Å². The number of benzene rings is 1. The molecule has 0 spiro atoms. The van der Waals surface area contributed by atoms with Crippen LogP contribution in [0.4, 0.5) is 0 Å². The summed E-state index contributed by atoms with van der Waals surface area (Å²) < 4.78 is 6.38. The molecule has 0 saturated heterocycles. The van der Waals surface area contributed by atoms with E-state index in [1.54, 1.807) is 0 Å². The molecule has 0 aliphatic rings. The SMILES string of the molecule is Cc1cc(C)c(-n2cc[n+](Cc3cccc(Cn4nc(C)cc4C)n3)c2)c(C)c1.[Cl-]. The molecule has 0 N–H and O–H groups in total. The molecule has 0 atom stereocenters. The van der Waals surface area contributed by atoms with Crippen molar-refractivity contribution in [2.24, 2.45) is 0 Å². The summed E-state index contributed by atoms with van der Waals surface area (Å²) in [7, 11) is 0. The van der Waals surface area contributed by atoms with Crippen LogP contribution in [-0.2, 0) is 13.1 Å². The minimum atomic E-state index is 0. The van der Waals surface area contributed by atoms with E-state index >= 15 is 0 Å². The second-order valence-corrected chi connectivity index (χ2v) is 7.95. The molecule has 30 heavy (non-hydrogen) atoms. The third-order valence-electron chi connectivity index (χ3n) is 5.21. The van der Waals surface area contributed by atoms with E-state index in [9.17, 15) is 0 Å². The Labute approximate surface area is 184 Å². The van der Waals surface area contributed by atoms with E-state index in [0.29, 0.717) is 6.54 Å². The molecule has 0 radical (unpaired) electrons. The third-order valence-corrected chi connectivity index (χ3v) is 5.21. The van der Waals surface area contributed by atoms with Crippen molar-refractivity contribution in [1.29, 1.82) is 0 Å². The van der Waals surface area contributed by atoms with E-state index in [-0.39, 0.29) is 12.4 Å². The van der Waals surface area contributed by atoms with Crippen molar-refractivity contribution in [2.45, 2.75) is 47.7 Å². The number of hydrogen-bond donors (Lipinski definition) is 0. The van der Waals surface area contributed by atoms with Gasteiger partial charge in [0.25, 0.3) is 0 Å². The number of imidazole rings is 1. The molecule has 0 amide bonds. The van der Waals surface area contributed by atoms with Crippen LogP contribution in [0.15, 0.2) is 55.1 Å². The van der Waals surface area contributed by atoms with Gasteiger partial charge in [-0.1, -0.05) is 23.8 Å². The van der Waals surface area contributed by atoms with Crippen molar-refractivity contribution < 1.29 is 17.0 Å². The van der Waals surface area contributed by atoms with Crippen LogP contribution in [-0.4, -0.2) is 19.3 Å². The summed E-state index contributed by atoms with van der Waals surface area (Å²) in [5.74, 6) is 0. The summed E-state index contributed by atoms with van der Waals surface area (Å²) in [5, 5.41) is 4.55. The van der Waals surface area contributed by atoms with Crippen LogP contribution >= 0.6 is 0 Å².